The van der Waals surface area contributed by atoms with E-state index >= 15 is 0 Å². The SMILES string of the molecule is CC(N1Cc2c(cccc2[N+](=O)[O-])C1=S)C12CC3CC(CC(C3)C1)C2.Nc1cccc2c1CN(C13CC4CC(CC(O)(C4)C1)C3)C2=O.O=C1c2cccc([N+](=O)[O-])c2CN1C12CC3CC(CC(O)(C3)C1)C2. The number of nitrogen functional groups attached to an aromatic ring is 1. The van der Waals surface area contributed by atoms with E-state index in [0.717, 1.165) is 115 Å². The van der Waals surface area contributed by atoms with Crippen molar-refractivity contribution in [3.63, 3.8) is 0 Å². The minimum Gasteiger partial charge on any atom is -0.398 e. The fraction of sp³-hybridized carbons (Fsp3) is 0.625. The monoisotopic (exact) mass is 982 g/mol. The van der Waals surface area contributed by atoms with Crippen LogP contribution in [-0.2, 0) is 19.6 Å². The first-order chi connectivity index (χ1) is 33.8. The van der Waals surface area contributed by atoms with E-state index in [4.69, 9.17) is 18.0 Å². The van der Waals surface area contributed by atoms with Gasteiger partial charge in [-0.25, -0.2) is 0 Å². The van der Waals surface area contributed by atoms with Crippen molar-refractivity contribution in [1.29, 1.82) is 0 Å². The van der Waals surface area contributed by atoms with Gasteiger partial charge in [-0.2, -0.15) is 0 Å². The summed E-state index contributed by atoms with van der Waals surface area (Å²) in [6, 6.07) is 16.1. The van der Waals surface area contributed by atoms with Crippen LogP contribution in [0.4, 0.5) is 17.1 Å². The Morgan fingerprint density at radius 3 is 1.41 bits per heavy atom. The van der Waals surface area contributed by atoms with E-state index in [9.17, 15) is 40.0 Å². The Balaban J connectivity index is 0.000000104. The van der Waals surface area contributed by atoms with Crippen molar-refractivity contribution >= 4 is 46.1 Å². The van der Waals surface area contributed by atoms with Crippen LogP contribution in [0.25, 0.3) is 0 Å². The number of aliphatic hydroxyl groups is 2. The zero-order valence-corrected chi connectivity index (χ0v) is 41.5. The molecule has 0 saturated heterocycles. The molecule has 12 bridgehead atoms. The summed E-state index contributed by atoms with van der Waals surface area (Å²) in [5, 5.41) is 44.6. The predicted molar refractivity (Wildman–Crippen MR) is 269 cm³/mol. The number of nitrogens with two attached hydrogens (primary N) is 1. The summed E-state index contributed by atoms with van der Waals surface area (Å²) < 4.78 is 0. The summed E-state index contributed by atoms with van der Waals surface area (Å²) in [7, 11) is 0. The van der Waals surface area contributed by atoms with E-state index in [1.54, 1.807) is 24.3 Å². The third kappa shape index (κ3) is 7.15. The van der Waals surface area contributed by atoms with Crippen LogP contribution in [0.3, 0.4) is 0 Å². The lowest BCUT2D eigenvalue weighted by Crippen LogP contribution is -2.65. The van der Waals surface area contributed by atoms with Crippen LogP contribution >= 0.6 is 12.2 Å². The number of benzene rings is 3. The lowest BCUT2D eigenvalue weighted by Gasteiger charge is -2.62. The van der Waals surface area contributed by atoms with Crippen molar-refractivity contribution in [1.82, 2.24) is 14.7 Å². The van der Waals surface area contributed by atoms with Gasteiger partial charge in [0.15, 0.2) is 0 Å². The molecule has 18 rings (SSSR count). The van der Waals surface area contributed by atoms with Gasteiger partial charge in [-0.05, 0) is 188 Å². The fourth-order valence-corrected chi connectivity index (χ4v) is 19.8. The molecule has 71 heavy (non-hydrogen) atoms. The predicted octanol–water partition coefficient (Wildman–Crippen LogP) is 9.63. The maximum atomic E-state index is 13.0. The normalized spacial score (nSPS) is 39.2. The maximum Gasteiger partial charge on any atom is 0.275 e. The Kier molecular flexibility index (Phi) is 10.2. The average molecular weight is 983 g/mol. The highest BCUT2D eigenvalue weighted by Gasteiger charge is 2.63. The van der Waals surface area contributed by atoms with Gasteiger partial charge < -0.3 is 30.6 Å². The number of carbonyl (C=O) groups is 2. The molecule has 2 amide bonds. The lowest BCUT2D eigenvalue weighted by molar-refractivity contribution is -0.385. The summed E-state index contributed by atoms with van der Waals surface area (Å²) >= 11 is 5.78. The topological polar surface area (TPSA) is 197 Å². The van der Waals surface area contributed by atoms with Gasteiger partial charge in [0.1, 0.15) is 4.99 Å². The molecule has 3 aromatic rings. The Bertz CT molecular complexity index is 2770. The lowest BCUT2D eigenvalue weighted by atomic mass is 9.47. The third-order valence-corrected chi connectivity index (χ3v) is 21.3. The molecule has 12 fully saturated rings. The summed E-state index contributed by atoms with van der Waals surface area (Å²) in [6.45, 7) is 3.86. The number of nitrogens with zero attached hydrogens (tertiary/aromatic N) is 5. The molecule has 14 nitrogen and oxygen atoms in total. The molecule has 374 valence electrons. The third-order valence-electron chi connectivity index (χ3n) is 20.9. The summed E-state index contributed by atoms with van der Waals surface area (Å²) in [4.78, 5) is 55.1. The number of hydrogen-bond donors (Lipinski definition) is 3. The van der Waals surface area contributed by atoms with Gasteiger partial charge in [-0.15, -0.1) is 0 Å². The maximum absolute atomic E-state index is 13.0. The first kappa shape index (κ1) is 45.8. The second kappa shape index (κ2) is 15.8. The molecule has 12 saturated carbocycles. The van der Waals surface area contributed by atoms with Crippen molar-refractivity contribution in [3.05, 3.63) is 108 Å². The Morgan fingerprint density at radius 2 is 0.972 bits per heavy atom. The molecule has 4 N–H and O–H groups in total. The smallest absolute Gasteiger partial charge is 0.275 e. The number of rotatable bonds is 6. The molecule has 3 aliphatic heterocycles. The molecule has 3 aromatic carbocycles. The molecule has 3 heterocycles. The van der Waals surface area contributed by atoms with Crippen molar-refractivity contribution < 1.29 is 29.6 Å². The number of nitro groups is 2. The van der Waals surface area contributed by atoms with Gasteiger partial charge in [-0.1, -0.05) is 36.5 Å². The van der Waals surface area contributed by atoms with Gasteiger partial charge in [0, 0.05) is 58.2 Å². The highest BCUT2D eigenvalue weighted by molar-refractivity contribution is 7.80. The van der Waals surface area contributed by atoms with Gasteiger partial charge in [0.2, 0.25) is 0 Å². The minimum atomic E-state index is -0.648. The van der Waals surface area contributed by atoms with Crippen molar-refractivity contribution in [2.45, 2.75) is 170 Å². The number of fused-ring (bicyclic) bond motifs is 3. The first-order valence-electron chi connectivity index (χ1n) is 26.6. The highest BCUT2D eigenvalue weighted by Crippen LogP contribution is 2.64. The summed E-state index contributed by atoms with van der Waals surface area (Å²) in [5.41, 5.74) is 10.3. The first-order valence-corrected chi connectivity index (χ1v) is 27.0. The molecule has 15 heteroatoms. The highest BCUT2D eigenvalue weighted by atomic mass is 32.1. The number of carbonyl (C=O) groups excluding carboxylic acids is 2. The van der Waals surface area contributed by atoms with E-state index in [0.29, 0.717) is 72.3 Å². The molecule has 0 aromatic heterocycles. The zero-order valence-electron chi connectivity index (χ0n) is 40.7. The minimum absolute atomic E-state index is 0.0341. The van der Waals surface area contributed by atoms with Gasteiger partial charge in [0.25, 0.3) is 23.2 Å². The zero-order chi connectivity index (χ0) is 49.1. The number of amides is 2. The van der Waals surface area contributed by atoms with Crippen molar-refractivity contribution in [2.24, 2.45) is 46.8 Å². The van der Waals surface area contributed by atoms with Gasteiger partial charge in [0.05, 0.1) is 50.8 Å². The van der Waals surface area contributed by atoms with Gasteiger partial charge >= 0.3 is 0 Å². The van der Waals surface area contributed by atoms with Crippen molar-refractivity contribution in [3.8, 4) is 0 Å². The molecule has 5 unspecified atom stereocenters. The van der Waals surface area contributed by atoms with Crippen LogP contribution in [0.2, 0.25) is 0 Å². The second-order valence-electron chi connectivity index (χ2n) is 25.5. The Labute approximate surface area is 420 Å². The van der Waals surface area contributed by atoms with E-state index in [1.807, 2.05) is 29.2 Å². The van der Waals surface area contributed by atoms with Crippen LogP contribution in [0.15, 0.2) is 54.6 Å². The number of hydrogen-bond acceptors (Lipinski definition) is 10. The van der Waals surface area contributed by atoms with Crippen LogP contribution in [-0.4, -0.2) is 79.9 Å². The number of nitro benzene ring substituents is 2. The van der Waals surface area contributed by atoms with E-state index in [-0.39, 0.29) is 39.2 Å². The summed E-state index contributed by atoms with van der Waals surface area (Å²) in [6.07, 6.45) is 19.6. The molecule has 0 radical (unpaired) electrons. The van der Waals surface area contributed by atoms with Crippen LogP contribution in [0, 0.1) is 67.1 Å². The molecule has 12 aliphatic carbocycles. The quantitative estimate of drug-likeness (QED) is 0.0921. The average Bonchev–Trinajstić information content (AvgIpc) is 3.95. The molecule has 5 atom stereocenters. The molecule has 0 spiro atoms. The van der Waals surface area contributed by atoms with Gasteiger partial charge in [-0.3, -0.25) is 29.8 Å². The van der Waals surface area contributed by atoms with Crippen LogP contribution in [0.1, 0.15) is 165 Å². The van der Waals surface area contributed by atoms with Crippen molar-refractivity contribution in [2.75, 3.05) is 5.73 Å². The second-order valence-corrected chi connectivity index (χ2v) is 25.9. The largest absolute Gasteiger partial charge is 0.398 e. The number of thiocarbonyl (C=S) groups is 1. The number of anilines is 1. The molecule has 15 aliphatic rings. The fourth-order valence-electron chi connectivity index (χ4n) is 19.4. The van der Waals surface area contributed by atoms with E-state index in [1.165, 1.54) is 51.0 Å². The Morgan fingerprint density at radius 1 is 0.577 bits per heavy atom. The van der Waals surface area contributed by atoms with E-state index in [2.05, 4.69) is 16.7 Å². The van der Waals surface area contributed by atoms with Crippen LogP contribution < -0.4 is 5.73 Å². The summed E-state index contributed by atoms with van der Waals surface area (Å²) in [5.74, 6) is 4.85. The van der Waals surface area contributed by atoms with Crippen LogP contribution in [0.5, 0.6) is 0 Å². The molecular weight excluding hydrogens is 917 g/mol. The van der Waals surface area contributed by atoms with E-state index < -0.39 is 16.1 Å². The standard InChI is InChI=1S/C20H24N2O2S.C18H20N2O4.C18H22N2O2/c1-12(20-8-13-5-14(9-20)7-15(6-13)10-20)21-11-17-16(19(21)25)3-2-4-18(17)22(23)24;21-16-13-2-1-3-15(20(23)24)14(13)9-19(16)17-5-11-4-12(6-17)8-18(22,7-11)10-17;19-15-3-1-2-13-14(15)9-20(16(13)21)17-5-11-4-12(6-17)8-18(22,7-11)10-17/h2-4,12-15H,5-11H2,1H3;1-3,11-12,22H,4-10H2;1-3,11-12,22H,4-10,19H2. The Hall–Kier alpha value is -4.99. The molecular formula is C56H66N6O8S.